The van der Waals surface area contributed by atoms with Gasteiger partial charge in [0.05, 0.1) is 11.7 Å². The van der Waals surface area contributed by atoms with Crippen LogP contribution in [0.1, 0.15) is 13.3 Å². The molecule has 1 atom stereocenters. The summed E-state index contributed by atoms with van der Waals surface area (Å²) >= 11 is 1.02. The zero-order valence-electron chi connectivity index (χ0n) is 11.7. The minimum atomic E-state index is -3.57. The van der Waals surface area contributed by atoms with Crippen molar-refractivity contribution < 1.29 is 8.42 Å². The van der Waals surface area contributed by atoms with Gasteiger partial charge in [-0.05, 0) is 46.1 Å². The van der Waals surface area contributed by atoms with Crippen LogP contribution in [-0.4, -0.2) is 48.7 Å². The zero-order chi connectivity index (χ0) is 14.8. The first-order valence-corrected chi connectivity index (χ1v) is 8.50. The number of nitrogens with one attached hydrogen (secondary N) is 1. The smallest absolute Gasteiger partial charge is 0.243 e. The monoisotopic (exact) mass is 314 g/mol. The Morgan fingerprint density at radius 3 is 2.80 bits per heavy atom. The normalized spacial score (nSPS) is 14.0. The Hall–Kier alpha value is -1.09. The Bertz CT molecular complexity index is 682. The van der Waals surface area contributed by atoms with Gasteiger partial charge < -0.3 is 4.90 Å². The van der Waals surface area contributed by atoms with Crippen LogP contribution in [0, 0.1) is 0 Å². The van der Waals surface area contributed by atoms with Crippen LogP contribution in [0.15, 0.2) is 23.1 Å². The first kappa shape index (κ1) is 15.3. The maximum atomic E-state index is 12.4. The minimum Gasteiger partial charge on any atom is -0.309 e. The number of aromatic nitrogens is 2. The minimum absolute atomic E-state index is 0.135. The lowest BCUT2D eigenvalue weighted by Crippen LogP contribution is -2.34. The fraction of sp³-hybridized carbons (Fsp3) is 0.500. The summed E-state index contributed by atoms with van der Waals surface area (Å²) in [5, 5.41) is 0. The van der Waals surface area contributed by atoms with E-state index in [1.165, 1.54) is 0 Å². The molecule has 0 amide bonds. The molecule has 0 radical (unpaired) electrons. The fourth-order valence-electron chi connectivity index (χ4n) is 1.84. The molecule has 0 spiro atoms. The third-order valence-electron chi connectivity index (χ3n) is 2.90. The maximum Gasteiger partial charge on any atom is 0.243 e. The van der Waals surface area contributed by atoms with Gasteiger partial charge in [-0.25, -0.2) is 13.1 Å². The molecule has 20 heavy (non-hydrogen) atoms. The van der Waals surface area contributed by atoms with Crippen molar-refractivity contribution in [1.82, 2.24) is 18.4 Å². The van der Waals surface area contributed by atoms with Crippen molar-refractivity contribution >= 4 is 32.8 Å². The molecule has 0 saturated carbocycles. The van der Waals surface area contributed by atoms with Crippen molar-refractivity contribution in [3.8, 4) is 0 Å². The second-order valence-electron chi connectivity index (χ2n) is 5.00. The predicted molar refractivity (Wildman–Crippen MR) is 80.4 cm³/mol. The number of rotatable bonds is 6. The van der Waals surface area contributed by atoms with Gasteiger partial charge in [-0.2, -0.15) is 8.75 Å². The van der Waals surface area contributed by atoms with E-state index in [1.54, 1.807) is 18.2 Å². The Morgan fingerprint density at radius 2 is 2.10 bits per heavy atom. The quantitative estimate of drug-likeness (QED) is 0.870. The Labute approximate surface area is 123 Å². The van der Waals surface area contributed by atoms with Crippen molar-refractivity contribution in [2.24, 2.45) is 0 Å². The number of hydrogen-bond donors (Lipinski definition) is 1. The second kappa shape index (κ2) is 6.13. The summed E-state index contributed by atoms with van der Waals surface area (Å²) in [5.41, 5.74) is 1.05. The molecule has 1 aromatic carbocycles. The van der Waals surface area contributed by atoms with Crippen molar-refractivity contribution in [3.63, 3.8) is 0 Å². The van der Waals surface area contributed by atoms with E-state index in [9.17, 15) is 8.42 Å². The van der Waals surface area contributed by atoms with Crippen LogP contribution >= 0.6 is 11.7 Å². The summed E-state index contributed by atoms with van der Waals surface area (Å²) in [6.45, 7) is 2.69. The van der Waals surface area contributed by atoms with E-state index in [2.05, 4.69) is 13.5 Å². The maximum absolute atomic E-state index is 12.4. The van der Waals surface area contributed by atoms with Crippen LogP contribution in [-0.2, 0) is 10.0 Å². The summed E-state index contributed by atoms with van der Waals surface area (Å²) in [4.78, 5) is 2.22. The number of nitrogens with zero attached hydrogens (tertiary/aromatic N) is 3. The number of hydrogen-bond acceptors (Lipinski definition) is 6. The first-order valence-electron chi connectivity index (χ1n) is 6.28. The van der Waals surface area contributed by atoms with E-state index in [4.69, 9.17) is 0 Å². The second-order valence-corrected chi connectivity index (χ2v) is 7.21. The van der Waals surface area contributed by atoms with Gasteiger partial charge in [0.25, 0.3) is 0 Å². The molecular weight excluding hydrogens is 296 g/mol. The molecule has 6 nitrogen and oxygen atoms in total. The molecule has 1 N–H and O–H groups in total. The van der Waals surface area contributed by atoms with Crippen molar-refractivity contribution in [2.75, 3.05) is 20.6 Å². The average molecular weight is 314 g/mol. The van der Waals surface area contributed by atoms with Crippen LogP contribution in [0.5, 0.6) is 0 Å². The number of sulfonamides is 1. The van der Waals surface area contributed by atoms with Crippen LogP contribution < -0.4 is 4.72 Å². The van der Waals surface area contributed by atoms with Crippen molar-refractivity contribution in [3.05, 3.63) is 18.2 Å². The Balaban J connectivity index is 2.20. The fourth-order valence-corrected chi connectivity index (χ4v) is 3.88. The highest BCUT2D eigenvalue weighted by molar-refractivity contribution is 7.89. The van der Waals surface area contributed by atoms with E-state index in [0.29, 0.717) is 11.0 Å². The van der Waals surface area contributed by atoms with E-state index in [0.717, 1.165) is 24.7 Å². The third kappa shape index (κ3) is 3.51. The summed E-state index contributed by atoms with van der Waals surface area (Å²) in [6, 6.07) is 4.87. The molecule has 0 bridgehead atoms. The molecule has 2 rings (SSSR count). The van der Waals surface area contributed by atoms with Crippen LogP contribution in [0.2, 0.25) is 0 Å². The summed E-state index contributed by atoms with van der Waals surface area (Å²) in [6.07, 6.45) is 0.748. The van der Waals surface area contributed by atoms with E-state index < -0.39 is 10.0 Å². The molecule has 0 aliphatic heterocycles. The van der Waals surface area contributed by atoms with Gasteiger partial charge in [-0.3, -0.25) is 0 Å². The van der Waals surface area contributed by atoms with Gasteiger partial charge in [0.1, 0.15) is 15.9 Å². The van der Waals surface area contributed by atoms with Gasteiger partial charge in [0, 0.05) is 6.04 Å². The van der Waals surface area contributed by atoms with Gasteiger partial charge in [0.15, 0.2) is 0 Å². The Kier molecular flexibility index (Phi) is 4.69. The predicted octanol–water partition coefficient (Wildman–Crippen LogP) is 1.31. The van der Waals surface area contributed by atoms with Crippen LogP contribution in [0.4, 0.5) is 0 Å². The summed E-state index contributed by atoms with van der Waals surface area (Å²) in [5.74, 6) is 0. The van der Waals surface area contributed by atoms with E-state index in [1.807, 2.05) is 25.9 Å². The molecule has 1 unspecified atom stereocenters. The highest BCUT2D eigenvalue weighted by atomic mass is 32.2. The lowest BCUT2D eigenvalue weighted by atomic mass is 10.2. The van der Waals surface area contributed by atoms with Crippen LogP contribution in [0.25, 0.3) is 11.0 Å². The van der Waals surface area contributed by atoms with E-state index >= 15 is 0 Å². The SMILES string of the molecule is CC(CCN(C)C)NS(=O)(=O)c1cccc2nsnc12. The number of fused-ring (bicyclic) bond motifs is 1. The van der Waals surface area contributed by atoms with Gasteiger partial charge in [-0.15, -0.1) is 0 Å². The highest BCUT2D eigenvalue weighted by Crippen LogP contribution is 2.21. The third-order valence-corrected chi connectivity index (χ3v) is 5.07. The van der Waals surface area contributed by atoms with Gasteiger partial charge in [0.2, 0.25) is 10.0 Å². The Morgan fingerprint density at radius 1 is 1.35 bits per heavy atom. The van der Waals surface area contributed by atoms with E-state index in [-0.39, 0.29) is 10.9 Å². The highest BCUT2D eigenvalue weighted by Gasteiger charge is 2.21. The van der Waals surface area contributed by atoms with Crippen molar-refractivity contribution in [1.29, 1.82) is 0 Å². The topological polar surface area (TPSA) is 75.2 Å². The summed E-state index contributed by atoms with van der Waals surface area (Å²) < 4.78 is 35.6. The van der Waals surface area contributed by atoms with Gasteiger partial charge in [-0.1, -0.05) is 6.07 Å². The zero-order valence-corrected chi connectivity index (χ0v) is 13.3. The van der Waals surface area contributed by atoms with Crippen LogP contribution in [0.3, 0.4) is 0 Å². The standard InChI is InChI=1S/C12H18N4O2S2/c1-9(7-8-16(2)3)15-20(17,18)11-6-4-5-10-12(11)14-19-13-10/h4-6,9,15H,7-8H2,1-3H3. The lowest BCUT2D eigenvalue weighted by molar-refractivity contribution is 0.379. The molecule has 0 aliphatic rings. The van der Waals surface area contributed by atoms with Crippen molar-refractivity contribution in [2.45, 2.75) is 24.3 Å². The molecule has 2 aromatic rings. The largest absolute Gasteiger partial charge is 0.309 e. The molecule has 110 valence electrons. The molecule has 1 heterocycles. The molecular formula is C12H18N4O2S2. The van der Waals surface area contributed by atoms with Gasteiger partial charge >= 0.3 is 0 Å². The first-order chi connectivity index (χ1) is 9.40. The molecule has 1 aromatic heterocycles. The molecule has 0 aliphatic carbocycles. The number of benzene rings is 1. The molecule has 8 heteroatoms. The lowest BCUT2D eigenvalue weighted by Gasteiger charge is -2.16. The molecule has 0 fully saturated rings. The summed E-state index contributed by atoms with van der Waals surface area (Å²) in [7, 11) is 0.354. The molecule has 0 saturated heterocycles. The average Bonchev–Trinajstić information content (AvgIpc) is 2.83.